The first-order chi connectivity index (χ1) is 8.19. The van der Waals surface area contributed by atoms with Crippen LogP contribution in [0.2, 0.25) is 0 Å². The highest BCUT2D eigenvalue weighted by Crippen LogP contribution is 2.17. The fourth-order valence-electron chi connectivity index (χ4n) is 1.61. The summed E-state index contributed by atoms with van der Waals surface area (Å²) in [4.78, 5) is 4.35. The van der Waals surface area contributed by atoms with Crippen molar-refractivity contribution in [2.45, 2.75) is 32.7 Å². The fourth-order valence-corrected chi connectivity index (χ4v) is 1.61. The monoisotopic (exact) mass is 231 g/mol. The van der Waals surface area contributed by atoms with Gasteiger partial charge in [-0.15, -0.1) is 0 Å². The molecule has 1 aromatic carbocycles. The van der Waals surface area contributed by atoms with Crippen LogP contribution in [0.15, 0.2) is 28.8 Å². The molecule has 17 heavy (non-hydrogen) atoms. The van der Waals surface area contributed by atoms with Gasteiger partial charge < -0.3 is 10.3 Å². The fraction of sp³-hybridized carbons (Fsp3) is 0.385. The minimum Gasteiger partial charge on any atom is -0.339 e. The number of rotatable bonds is 4. The number of aromatic nitrogens is 2. The number of nitrogens with two attached hydrogens (primary N) is 1. The van der Waals surface area contributed by atoms with E-state index in [1.807, 2.05) is 38.1 Å². The maximum absolute atomic E-state index is 5.85. The molecule has 1 atom stereocenters. The van der Waals surface area contributed by atoms with Crippen molar-refractivity contribution >= 4 is 0 Å². The van der Waals surface area contributed by atoms with Gasteiger partial charge in [-0.05, 0) is 19.4 Å². The zero-order valence-corrected chi connectivity index (χ0v) is 10.2. The van der Waals surface area contributed by atoms with Crippen LogP contribution in [0.5, 0.6) is 0 Å². The second kappa shape index (κ2) is 5.10. The third kappa shape index (κ3) is 2.91. The van der Waals surface area contributed by atoms with Crippen molar-refractivity contribution in [3.8, 4) is 11.4 Å². The van der Waals surface area contributed by atoms with Gasteiger partial charge in [0.1, 0.15) is 0 Å². The number of benzene rings is 1. The lowest BCUT2D eigenvalue weighted by Gasteiger charge is -2.02. The Balaban J connectivity index is 2.18. The molecule has 0 radical (unpaired) electrons. The average Bonchev–Trinajstić information content (AvgIpc) is 2.77. The van der Waals surface area contributed by atoms with Gasteiger partial charge in [0.2, 0.25) is 11.7 Å². The standard InChI is InChI=1S/C13H17N3O/c1-3-11(14)8-12-15-13(16-17-12)10-6-4-5-9(2)7-10/h4-7,11H,3,8,14H2,1-2H3. The van der Waals surface area contributed by atoms with Crippen molar-refractivity contribution in [2.75, 3.05) is 0 Å². The van der Waals surface area contributed by atoms with Gasteiger partial charge in [0.25, 0.3) is 0 Å². The first kappa shape index (κ1) is 11.8. The molecule has 2 rings (SSSR count). The Morgan fingerprint density at radius 3 is 2.94 bits per heavy atom. The molecule has 2 aromatic rings. The van der Waals surface area contributed by atoms with E-state index >= 15 is 0 Å². The summed E-state index contributed by atoms with van der Waals surface area (Å²) in [5, 5.41) is 3.97. The Hall–Kier alpha value is -1.68. The van der Waals surface area contributed by atoms with Crippen molar-refractivity contribution in [3.63, 3.8) is 0 Å². The zero-order valence-electron chi connectivity index (χ0n) is 10.2. The molecule has 90 valence electrons. The van der Waals surface area contributed by atoms with Gasteiger partial charge in [0.15, 0.2) is 0 Å². The van der Waals surface area contributed by atoms with Gasteiger partial charge in [-0.25, -0.2) is 0 Å². The lowest BCUT2D eigenvalue weighted by atomic mass is 10.1. The maximum Gasteiger partial charge on any atom is 0.228 e. The second-order valence-corrected chi connectivity index (χ2v) is 4.25. The molecule has 4 nitrogen and oxygen atoms in total. The van der Waals surface area contributed by atoms with E-state index in [9.17, 15) is 0 Å². The first-order valence-electron chi connectivity index (χ1n) is 5.84. The van der Waals surface area contributed by atoms with E-state index in [1.54, 1.807) is 0 Å². The van der Waals surface area contributed by atoms with Crippen molar-refractivity contribution in [1.29, 1.82) is 0 Å². The molecule has 0 aliphatic carbocycles. The molecule has 0 spiro atoms. The molecule has 0 amide bonds. The number of aryl methyl sites for hydroxylation is 1. The highest BCUT2D eigenvalue weighted by molar-refractivity contribution is 5.55. The Kier molecular flexibility index (Phi) is 3.54. The van der Waals surface area contributed by atoms with Crippen LogP contribution in [0.4, 0.5) is 0 Å². The summed E-state index contributed by atoms with van der Waals surface area (Å²) in [7, 11) is 0. The predicted molar refractivity (Wildman–Crippen MR) is 66.4 cm³/mol. The quantitative estimate of drug-likeness (QED) is 0.877. The minimum atomic E-state index is 0.0841. The van der Waals surface area contributed by atoms with Crippen LogP contribution in [0.3, 0.4) is 0 Å². The molecule has 0 saturated carbocycles. The molecule has 0 fully saturated rings. The van der Waals surface area contributed by atoms with E-state index < -0.39 is 0 Å². The molecule has 2 N–H and O–H groups in total. The molecule has 1 heterocycles. The summed E-state index contributed by atoms with van der Waals surface area (Å²) in [5.41, 5.74) is 8.01. The summed E-state index contributed by atoms with van der Waals surface area (Å²) in [5.74, 6) is 1.24. The normalized spacial score (nSPS) is 12.6. The molecule has 0 aliphatic rings. The predicted octanol–water partition coefficient (Wildman–Crippen LogP) is 2.32. The van der Waals surface area contributed by atoms with Crippen LogP contribution in [-0.2, 0) is 6.42 Å². The molecule has 0 bridgehead atoms. The summed E-state index contributed by atoms with van der Waals surface area (Å²) < 4.78 is 5.19. The summed E-state index contributed by atoms with van der Waals surface area (Å²) in [6.45, 7) is 4.08. The minimum absolute atomic E-state index is 0.0841. The summed E-state index contributed by atoms with van der Waals surface area (Å²) >= 11 is 0. The van der Waals surface area contributed by atoms with E-state index in [0.29, 0.717) is 18.1 Å². The van der Waals surface area contributed by atoms with Gasteiger partial charge >= 0.3 is 0 Å². The van der Waals surface area contributed by atoms with Crippen LogP contribution in [0.25, 0.3) is 11.4 Å². The van der Waals surface area contributed by atoms with Gasteiger partial charge in [-0.2, -0.15) is 4.98 Å². The van der Waals surface area contributed by atoms with Gasteiger partial charge in [-0.1, -0.05) is 35.8 Å². The lowest BCUT2D eigenvalue weighted by Crippen LogP contribution is -2.21. The van der Waals surface area contributed by atoms with E-state index in [0.717, 1.165) is 12.0 Å². The van der Waals surface area contributed by atoms with Crippen LogP contribution in [0, 0.1) is 6.92 Å². The molecule has 4 heteroatoms. The van der Waals surface area contributed by atoms with Crippen LogP contribution < -0.4 is 5.73 Å². The van der Waals surface area contributed by atoms with E-state index in [-0.39, 0.29) is 6.04 Å². The zero-order chi connectivity index (χ0) is 12.3. The van der Waals surface area contributed by atoms with Gasteiger partial charge in [-0.3, -0.25) is 0 Å². The molecular formula is C13H17N3O. The smallest absolute Gasteiger partial charge is 0.228 e. The molecule has 0 saturated heterocycles. The van der Waals surface area contributed by atoms with Crippen LogP contribution >= 0.6 is 0 Å². The summed E-state index contributed by atoms with van der Waals surface area (Å²) in [6, 6.07) is 8.12. The largest absolute Gasteiger partial charge is 0.339 e. The lowest BCUT2D eigenvalue weighted by molar-refractivity contribution is 0.368. The van der Waals surface area contributed by atoms with Crippen molar-refractivity contribution < 1.29 is 4.52 Å². The van der Waals surface area contributed by atoms with Crippen molar-refractivity contribution in [1.82, 2.24) is 10.1 Å². The third-order valence-electron chi connectivity index (χ3n) is 2.71. The first-order valence-corrected chi connectivity index (χ1v) is 5.84. The molecule has 1 unspecified atom stereocenters. The Labute approximate surface area is 101 Å². The highest BCUT2D eigenvalue weighted by atomic mass is 16.5. The van der Waals surface area contributed by atoms with Crippen molar-refractivity contribution in [3.05, 3.63) is 35.7 Å². The van der Waals surface area contributed by atoms with Crippen LogP contribution in [0.1, 0.15) is 24.8 Å². The number of hydrogen-bond acceptors (Lipinski definition) is 4. The SMILES string of the molecule is CCC(N)Cc1nc(-c2cccc(C)c2)no1. The van der Waals surface area contributed by atoms with E-state index in [4.69, 9.17) is 10.3 Å². The molecule has 0 aliphatic heterocycles. The Bertz CT molecular complexity index is 493. The second-order valence-electron chi connectivity index (χ2n) is 4.25. The van der Waals surface area contributed by atoms with Crippen LogP contribution in [-0.4, -0.2) is 16.2 Å². The number of hydrogen-bond donors (Lipinski definition) is 1. The molecule has 1 aromatic heterocycles. The number of nitrogens with zero attached hydrogens (tertiary/aromatic N) is 2. The molecular weight excluding hydrogens is 214 g/mol. The van der Waals surface area contributed by atoms with E-state index in [1.165, 1.54) is 5.56 Å². The van der Waals surface area contributed by atoms with E-state index in [2.05, 4.69) is 10.1 Å². The Morgan fingerprint density at radius 1 is 1.41 bits per heavy atom. The Morgan fingerprint density at radius 2 is 2.24 bits per heavy atom. The average molecular weight is 231 g/mol. The highest BCUT2D eigenvalue weighted by Gasteiger charge is 2.11. The summed E-state index contributed by atoms with van der Waals surface area (Å²) in [6.07, 6.45) is 1.54. The topological polar surface area (TPSA) is 64.9 Å². The van der Waals surface area contributed by atoms with Gasteiger partial charge in [0, 0.05) is 18.0 Å². The van der Waals surface area contributed by atoms with Crippen molar-refractivity contribution in [2.24, 2.45) is 5.73 Å². The third-order valence-corrected chi connectivity index (χ3v) is 2.71. The maximum atomic E-state index is 5.85. The van der Waals surface area contributed by atoms with Gasteiger partial charge in [0.05, 0.1) is 0 Å².